The Kier molecular flexibility index (Phi) is 6.18. The monoisotopic (exact) mass is 312 g/mol. The Hall–Kier alpha value is -2.33. The van der Waals surface area contributed by atoms with Crippen molar-refractivity contribution in [2.24, 2.45) is 0 Å². The maximum absolute atomic E-state index is 12.3. The van der Waals surface area contributed by atoms with E-state index in [1.54, 1.807) is 6.07 Å². The van der Waals surface area contributed by atoms with Crippen LogP contribution in [0.25, 0.3) is 0 Å². The molecule has 1 unspecified atom stereocenters. The average Bonchev–Trinajstić information content (AvgIpc) is 2.59. The molecule has 122 valence electrons. The zero-order chi connectivity index (χ0) is 16.7. The highest BCUT2D eigenvalue weighted by Crippen LogP contribution is 2.20. The van der Waals surface area contributed by atoms with Crippen LogP contribution >= 0.6 is 0 Å². The Morgan fingerprint density at radius 3 is 2.57 bits per heavy atom. The van der Waals surface area contributed by atoms with Crippen molar-refractivity contribution < 1.29 is 9.53 Å². The predicted molar refractivity (Wildman–Crippen MR) is 92.8 cm³/mol. The topological polar surface area (TPSA) is 50.4 Å². The van der Waals surface area contributed by atoms with Gasteiger partial charge in [-0.1, -0.05) is 36.4 Å². The van der Waals surface area contributed by atoms with Crippen LogP contribution in [0.15, 0.2) is 48.5 Å². The maximum Gasteiger partial charge on any atom is 0.255 e. The average molecular weight is 312 g/mol. The standard InChI is InChI=1S/C19H24N2O2/c1-14-8-4-5-9-16(14)13-23-18-11-7-6-10-17(18)19(22)21-12-15(2)20-3/h4-11,15,20H,12-13H2,1-3H3,(H,21,22). The number of hydrogen-bond donors (Lipinski definition) is 2. The molecule has 23 heavy (non-hydrogen) atoms. The first-order chi connectivity index (χ1) is 11.1. The number of carbonyl (C=O) groups excluding carboxylic acids is 1. The molecule has 4 heteroatoms. The second kappa shape index (κ2) is 8.34. The van der Waals surface area contributed by atoms with Gasteiger partial charge in [0.25, 0.3) is 5.91 Å². The van der Waals surface area contributed by atoms with E-state index in [1.807, 2.05) is 50.4 Å². The van der Waals surface area contributed by atoms with Crippen molar-refractivity contribution in [1.82, 2.24) is 10.6 Å². The van der Waals surface area contributed by atoms with Crippen LogP contribution in [-0.4, -0.2) is 25.5 Å². The normalized spacial score (nSPS) is 11.8. The number of aryl methyl sites for hydroxylation is 1. The summed E-state index contributed by atoms with van der Waals surface area (Å²) in [6, 6.07) is 15.6. The van der Waals surface area contributed by atoms with Crippen LogP contribution in [0.5, 0.6) is 5.75 Å². The van der Waals surface area contributed by atoms with E-state index in [1.165, 1.54) is 5.56 Å². The number of nitrogens with one attached hydrogen (secondary N) is 2. The van der Waals surface area contributed by atoms with Crippen molar-refractivity contribution in [3.63, 3.8) is 0 Å². The molecule has 4 nitrogen and oxygen atoms in total. The molecule has 0 spiro atoms. The number of para-hydroxylation sites is 1. The van der Waals surface area contributed by atoms with Gasteiger partial charge in [-0.25, -0.2) is 0 Å². The summed E-state index contributed by atoms with van der Waals surface area (Å²) in [6.45, 7) is 5.09. The molecular formula is C19H24N2O2. The van der Waals surface area contributed by atoms with E-state index in [0.717, 1.165) is 5.56 Å². The molecule has 0 saturated heterocycles. The molecule has 0 radical (unpaired) electrons. The minimum Gasteiger partial charge on any atom is -0.488 e. The third-order valence-electron chi connectivity index (χ3n) is 3.84. The summed E-state index contributed by atoms with van der Waals surface area (Å²) in [6.07, 6.45) is 0. The fourth-order valence-corrected chi connectivity index (χ4v) is 2.15. The van der Waals surface area contributed by atoms with Crippen LogP contribution in [0, 0.1) is 6.92 Å². The lowest BCUT2D eigenvalue weighted by Gasteiger charge is -2.14. The molecule has 1 atom stereocenters. The summed E-state index contributed by atoms with van der Waals surface area (Å²) in [5, 5.41) is 6.01. The van der Waals surface area contributed by atoms with Gasteiger partial charge in [-0.15, -0.1) is 0 Å². The van der Waals surface area contributed by atoms with Gasteiger partial charge in [0, 0.05) is 12.6 Å². The van der Waals surface area contributed by atoms with Crippen molar-refractivity contribution in [3.05, 3.63) is 65.2 Å². The Morgan fingerprint density at radius 1 is 1.13 bits per heavy atom. The fraction of sp³-hybridized carbons (Fsp3) is 0.316. The van der Waals surface area contributed by atoms with E-state index < -0.39 is 0 Å². The highest BCUT2D eigenvalue weighted by atomic mass is 16.5. The molecule has 2 aromatic rings. The zero-order valence-corrected chi connectivity index (χ0v) is 13.9. The van der Waals surface area contributed by atoms with E-state index in [9.17, 15) is 4.79 Å². The lowest BCUT2D eigenvalue weighted by molar-refractivity contribution is 0.0946. The van der Waals surface area contributed by atoms with Gasteiger partial charge in [-0.2, -0.15) is 0 Å². The van der Waals surface area contributed by atoms with Crippen molar-refractivity contribution in [1.29, 1.82) is 0 Å². The van der Waals surface area contributed by atoms with E-state index >= 15 is 0 Å². The molecule has 0 fully saturated rings. The number of likely N-dealkylation sites (N-methyl/N-ethyl adjacent to an activating group) is 1. The zero-order valence-electron chi connectivity index (χ0n) is 13.9. The van der Waals surface area contributed by atoms with E-state index in [-0.39, 0.29) is 11.9 Å². The lowest BCUT2D eigenvalue weighted by Crippen LogP contribution is -2.37. The van der Waals surface area contributed by atoms with Crippen LogP contribution in [0.1, 0.15) is 28.4 Å². The lowest BCUT2D eigenvalue weighted by atomic mass is 10.1. The van der Waals surface area contributed by atoms with Crippen LogP contribution in [-0.2, 0) is 6.61 Å². The third kappa shape index (κ3) is 4.83. The van der Waals surface area contributed by atoms with Crippen LogP contribution in [0.3, 0.4) is 0 Å². The minimum absolute atomic E-state index is 0.118. The van der Waals surface area contributed by atoms with Crippen LogP contribution < -0.4 is 15.4 Å². The second-order valence-corrected chi connectivity index (χ2v) is 5.61. The number of carbonyl (C=O) groups is 1. The van der Waals surface area contributed by atoms with Gasteiger partial charge in [0.05, 0.1) is 5.56 Å². The molecule has 0 aliphatic carbocycles. The second-order valence-electron chi connectivity index (χ2n) is 5.61. The molecule has 0 heterocycles. The first kappa shape index (κ1) is 17.0. The quantitative estimate of drug-likeness (QED) is 0.826. The number of hydrogen-bond acceptors (Lipinski definition) is 3. The van der Waals surface area contributed by atoms with Gasteiger partial charge >= 0.3 is 0 Å². The van der Waals surface area contributed by atoms with Gasteiger partial charge in [-0.3, -0.25) is 4.79 Å². The Morgan fingerprint density at radius 2 is 1.83 bits per heavy atom. The van der Waals surface area contributed by atoms with Gasteiger partial charge in [-0.05, 0) is 44.2 Å². The molecule has 0 bridgehead atoms. The van der Waals surface area contributed by atoms with Crippen LogP contribution in [0.2, 0.25) is 0 Å². The summed E-state index contributed by atoms with van der Waals surface area (Å²) in [5.74, 6) is 0.484. The highest BCUT2D eigenvalue weighted by Gasteiger charge is 2.13. The van der Waals surface area contributed by atoms with E-state index in [0.29, 0.717) is 24.5 Å². The number of ether oxygens (including phenoxy) is 1. The molecule has 0 aliphatic heterocycles. The first-order valence-electron chi connectivity index (χ1n) is 7.83. The largest absolute Gasteiger partial charge is 0.488 e. The van der Waals surface area contributed by atoms with Crippen molar-refractivity contribution in [3.8, 4) is 5.75 Å². The SMILES string of the molecule is CNC(C)CNC(=O)c1ccccc1OCc1ccccc1C. The van der Waals surface area contributed by atoms with Crippen LogP contribution in [0.4, 0.5) is 0 Å². The predicted octanol–water partition coefficient (Wildman–Crippen LogP) is 2.91. The maximum atomic E-state index is 12.3. The van der Waals surface area contributed by atoms with Gasteiger partial charge in [0.1, 0.15) is 12.4 Å². The van der Waals surface area contributed by atoms with E-state index in [4.69, 9.17) is 4.74 Å². The van der Waals surface area contributed by atoms with Crippen molar-refractivity contribution >= 4 is 5.91 Å². The molecular weight excluding hydrogens is 288 g/mol. The minimum atomic E-state index is -0.118. The molecule has 2 aromatic carbocycles. The number of rotatable bonds is 7. The van der Waals surface area contributed by atoms with Gasteiger partial charge in [0.15, 0.2) is 0 Å². The summed E-state index contributed by atoms with van der Waals surface area (Å²) in [5.41, 5.74) is 2.85. The molecule has 1 amide bonds. The highest BCUT2D eigenvalue weighted by molar-refractivity contribution is 5.96. The number of benzene rings is 2. The summed E-state index contributed by atoms with van der Waals surface area (Å²) in [4.78, 5) is 12.3. The van der Waals surface area contributed by atoms with Crippen molar-refractivity contribution in [2.45, 2.75) is 26.5 Å². The fourth-order valence-electron chi connectivity index (χ4n) is 2.15. The Bertz CT molecular complexity index is 655. The van der Waals surface area contributed by atoms with Gasteiger partial charge < -0.3 is 15.4 Å². The summed E-state index contributed by atoms with van der Waals surface area (Å²) < 4.78 is 5.88. The first-order valence-corrected chi connectivity index (χ1v) is 7.83. The van der Waals surface area contributed by atoms with Crippen molar-refractivity contribution in [2.75, 3.05) is 13.6 Å². The Labute approximate surface area is 137 Å². The van der Waals surface area contributed by atoms with Gasteiger partial charge in [0.2, 0.25) is 0 Å². The Balaban J connectivity index is 2.05. The number of amides is 1. The van der Waals surface area contributed by atoms with E-state index in [2.05, 4.69) is 23.6 Å². The summed E-state index contributed by atoms with van der Waals surface area (Å²) in [7, 11) is 1.87. The molecule has 0 aromatic heterocycles. The third-order valence-corrected chi connectivity index (χ3v) is 3.84. The molecule has 0 saturated carbocycles. The molecule has 2 N–H and O–H groups in total. The molecule has 0 aliphatic rings. The smallest absolute Gasteiger partial charge is 0.255 e. The molecule has 2 rings (SSSR count). The summed E-state index contributed by atoms with van der Waals surface area (Å²) >= 11 is 0.